The van der Waals surface area contributed by atoms with E-state index < -0.39 is 0 Å². The summed E-state index contributed by atoms with van der Waals surface area (Å²) in [6, 6.07) is 0. The fourth-order valence-electron chi connectivity index (χ4n) is 3.87. The van der Waals surface area contributed by atoms with Gasteiger partial charge in [-0.2, -0.15) is 0 Å². The van der Waals surface area contributed by atoms with Crippen LogP contribution in [0.1, 0.15) is 33.1 Å². The minimum Gasteiger partial charge on any atom is -0.341 e. The highest BCUT2D eigenvalue weighted by atomic mass is 16.2. The Morgan fingerprint density at radius 1 is 0.909 bits per heavy atom. The van der Waals surface area contributed by atoms with Crippen LogP contribution in [0.2, 0.25) is 0 Å². The van der Waals surface area contributed by atoms with Gasteiger partial charge in [0.05, 0.1) is 6.54 Å². The first kappa shape index (κ1) is 15.8. The van der Waals surface area contributed by atoms with Crippen molar-refractivity contribution in [2.24, 2.45) is 17.8 Å². The second kappa shape index (κ2) is 6.57. The van der Waals surface area contributed by atoms with E-state index in [-0.39, 0.29) is 5.91 Å². The fraction of sp³-hybridized carbons (Fsp3) is 0.882. The van der Waals surface area contributed by atoms with E-state index >= 15 is 0 Å². The van der Waals surface area contributed by atoms with E-state index in [0.717, 1.165) is 52.1 Å². The molecule has 124 valence electrons. The molecule has 3 fully saturated rings. The normalized spacial score (nSPS) is 30.5. The Bertz CT molecular complexity index is 418. The average Bonchev–Trinajstić information content (AvgIpc) is 3.31. The lowest BCUT2D eigenvalue weighted by Crippen LogP contribution is -2.53. The lowest BCUT2D eigenvalue weighted by molar-refractivity contribution is -0.137. The van der Waals surface area contributed by atoms with E-state index in [2.05, 4.69) is 18.7 Å². The second-order valence-corrected chi connectivity index (χ2v) is 7.62. The zero-order chi connectivity index (χ0) is 15.7. The smallest absolute Gasteiger partial charge is 0.236 e. The molecule has 1 aliphatic carbocycles. The molecule has 2 aliphatic heterocycles. The second-order valence-electron chi connectivity index (χ2n) is 7.62. The van der Waals surface area contributed by atoms with Crippen LogP contribution in [0.25, 0.3) is 0 Å². The number of likely N-dealkylation sites (tertiary alicyclic amines) is 1. The molecule has 0 radical (unpaired) electrons. The molecule has 2 heterocycles. The summed E-state index contributed by atoms with van der Waals surface area (Å²) in [5, 5.41) is 0. The highest BCUT2D eigenvalue weighted by Gasteiger charge is 2.35. The van der Waals surface area contributed by atoms with Gasteiger partial charge in [0, 0.05) is 45.2 Å². The predicted octanol–water partition coefficient (Wildman–Crippen LogP) is 1.05. The average molecular weight is 307 g/mol. The number of hydrogen-bond acceptors (Lipinski definition) is 3. The van der Waals surface area contributed by atoms with E-state index in [1.165, 1.54) is 6.42 Å². The van der Waals surface area contributed by atoms with Crippen molar-refractivity contribution in [3.05, 3.63) is 0 Å². The third-order valence-electron chi connectivity index (χ3n) is 5.19. The molecule has 0 N–H and O–H groups in total. The summed E-state index contributed by atoms with van der Waals surface area (Å²) in [7, 11) is 0. The largest absolute Gasteiger partial charge is 0.341 e. The van der Waals surface area contributed by atoms with E-state index in [0.29, 0.717) is 30.2 Å². The maximum atomic E-state index is 12.5. The number of nitrogens with zero attached hydrogens (tertiary/aromatic N) is 3. The molecular formula is C17H29N3O2. The molecular weight excluding hydrogens is 278 g/mol. The van der Waals surface area contributed by atoms with Gasteiger partial charge in [-0.1, -0.05) is 13.8 Å². The summed E-state index contributed by atoms with van der Waals surface area (Å²) in [4.78, 5) is 30.8. The first-order valence-electron chi connectivity index (χ1n) is 8.82. The van der Waals surface area contributed by atoms with Gasteiger partial charge in [-0.15, -0.1) is 0 Å². The van der Waals surface area contributed by atoms with Crippen LogP contribution in [-0.2, 0) is 9.59 Å². The van der Waals surface area contributed by atoms with Gasteiger partial charge >= 0.3 is 0 Å². The summed E-state index contributed by atoms with van der Waals surface area (Å²) in [5.41, 5.74) is 0. The van der Waals surface area contributed by atoms with Gasteiger partial charge in [0.1, 0.15) is 0 Å². The van der Waals surface area contributed by atoms with Crippen molar-refractivity contribution in [2.45, 2.75) is 33.1 Å². The third-order valence-corrected chi connectivity index (χ3v) is 5.19. The quantitative estimate of drug-likeness (QED) is 0.783. The third kappa shape index (κ3) is 3.80. The van der Waals surface area contributed by atoms with Crippen molar-refractivity contribution in [2.75, 3.05) is 45.8 Å². The van der Waals surface area contributed by atoms with Crippen LogP contribution in [0, 0.1) is 17.8 Å². The number of rotatable bonds is 3. The Morgan fingerprint density at radius 2 is 1.50 bits per heavy atom. The van der Waals surface area contributed by atoms with Crippen LogP contribution >= 0.6 is 0 Å². The van der Waals surface area contributed by atoms with Crippen molar-refractivity contribution >= 4 is 11.8 Å². The number of carbonyl (C=O) groups is 2. The lowest BCUT2D eigenvalue weighted by atomic mass is 9.92. The van der Waals surface area contributed by atoms with Gasteiger partial charge in [0.2, 0.25) is 11.8 Å². The van der Waals surface area contributed by atoms with Crippen LogP contribution in [0.3, 0.4) is 0 Å². The molecule has 2 amide bonds. The highest BCUT2D eigenvalue weighted by Crippen LogP contribution is 2.31. The van der Waals surface area contributed by atoms with Crippen molar-refractivity contribution in [3.63, 3.8) is 0 Å². The molecule has 3 rings (SSSR count). The van der Waals surface area contributed by atoms with Gasteiger partial charge in [0.25, 0.3) is 0 Å². The van der Waals surface area contributed by atoms with E-state index in [9.17, 15) is 9.59 Å². The van der Waals surface area contributed by atoms with Crippen LogP contribution in [-0.4, -0.2) is 72.3 Å². The first-order valence-corrected chi connectivity index (χ1v) is 8.82. The Morgan fingerprint density at radius 3 is 2.05 bits per heavy atom. The van der Waals surface area contributed by atoms with Crippen LogP contribution in [0.5, 0.6) is 0 Å². The molecule has 0 aromatic heterocycles. The van der Waals surface area contributed by atoms with Gasteiger partial charge < -0.3 is 9.80 Å². The van der Waals surface area contributed by atoms with Crippen molar-refractivity contribution in [3.8, 4) is 0 Å². The summed E-state index contributed by atoms with van der Waals surface area (Å²) in [5.74, 6) is 2.14. The SMILES string of the molecule is CC1CC(C)CN(C(=O)CN2CCN(C(=O)C3CC3)CC2)C1. The maximum absolute atomic E-state index is 12.5. The number of amides is 2. The molecule has 22 heavy (non-hydrogen) atoms. The Labute approximate surface area is 133 Å². The van der Waals surface area contributed by atoms with Gasteiger partial charge in [0.15, 0.2) is 0 Å². The Kier molecular flexibility index (Phi) is 4.71. The Balaban J connectivity index is 1.43. The molecule has 1 saturated carbocycles. The fourth-order valence-corrected chi connectivity index (χ4v) is 3.87. The number of hydrogen-bond donors (Lipinski definition) is 0. The van der Waals surface area contributed by atoms with Crippen molar-refractivity contribution in [1.82, 2.24) is 14.7 Å². The monoisotopic (exact) mass is 307 g/mol. The van der Waals surface area contributed by atoms with Crippen LogP contribution < -0.4 is 0 Å². The van der Waals surface area contributed by atoms with Gasteiger partial charge in [-0.3, -0.25) is 14.5 Å². The van der Waals surface area contributed by atoms with Crippen LogP contribution in [0.15, 0.2) is 0 Å². The number of carbonyl (C=O) groups excluding carboxylic acids is 2. The van der Waals surface area contributed by atoms with Gasteiger partial charge in [-0.25, -0.2) is 0 Å². The minimum absolute atomic E-state index is 0.264. The minimum atomic E-state index is 0.264. The molecule has 0 aromatic carbocycles. The molecule has 0 bridgehead atoms. The topological polar surface area (TPSA) is 43.9 Å². The van der Waals surface area contributed by atoms with Crippen LogP contribution in [0.4, 0.5) is 0 Å². The molecule has 2 atom stereocenters. The lowest BCUT2D eigenvalue weighted by Gasteiger charge is -2.38. The van der Waals surface area contributed by atoms with Gasteiger partial charge in [-0.05, 0) is 31.1 Å². The molecule has 3 aliphatic rings. The molecule has 0 spiro atoms. The first-order chi connectivity index (χ1) is 10.5. The maximum Gasteiger partial charge on any atom is 0.236 e. The highest BCUT2D eigenvalue weighted by molar-refractivity contribution is 5.81. The zero-order valence-electron chi connectivity index (χ0n) is 14.0. The van der Waals surface area contributed by atoms with E-state index in [1.54, 1.807) is 0 Å². The molecule has 2 unspecified atom stereocenters. The summed E-state index contributed by atoms with van der Waals surface area (Å²) >= 11 is 0. The molecule has 5 heteroatoms. The zero-order valence-corrected chi connectivity index (χ0v) is 14.0. The summed E-state index contributed by atoms with van der Waals surface area (Å²) < 4.78 is 0. The van der Waals surface area contributed by atoms with Crippen molar-refractivity contribution < 1.29 is 9.59 Å². The Hall–Kier alpha value is -1.10. The predicted molar refractivity (Wildman–Crippen MR) is 85.3 cm³/mol. The molecule has 5 nitrogen and oxygen atoms in total. The molecule has 0 aromatic rings. The standard InChI is InChI=1S/C17H29N3O2/c1-13-9-14(2)11-20(10-13)16(21)12-18-5-7-19(8-6-18)17(22)15-3-4-15/h13-15H,3-12H2,1-2H3. The number of piperidine rings is 1. The summed E-state index contributed by atoms with van der Waals surface area (Å²) in [6.45, 7) is 10.0. The number of piperazine rings is 1. The van der Waals surface area contributed by atoms with E-state index in [4.69, 9.17) is 0 Å². The molecule has 2 saturated heterocycles. The van der Waals surface area contributed by atoms with Crippen molar-refractivity contribution in [1.29, 1.82) is 0 Å². The summed E-state index contributed by atoms with van der Waals surface area (Å²) in [6.07, 6.45) is 3.37. The van der Waals surface area contributed by atoms with E-state index in [1.807, 2.05) is 9.80 Å².